The summed E-state index contributed by atoms with van der Waals surface area (Å²) >= 11 is 0. The molecular formula is C23H32N4O5. The first kappa shape index (κ1) is 24.9. The van der Waals surface area contributed by atoms with Gasteiger partial charge in [-0.1, -0.05) is 50.8 Å². The molecule has 0 radical (unpaired) electrons. The minimum Gasteiger partial charge on any atom is -0.445 e. The van der Waals surface area contributed by atoms with E-state index in [4.69, 9.17) is 4.74 Å². The molecule has 174 valence electrons. The number of hydrogen-bond acceptors (Lipinski definition) is 5. The van der Waals surface area contributed by atoms with Crippen LogP contribution in [0.2, 0.25) is 0 Å². The molecule has 0 saturated carbocycles. The van der Waals surface area contributed by atoms with Crippen LogP contribution in [0.3, 0.4) is 0 Å². The van der Waals surface area contributed by atoms with Crippen molar-refractivity contribution in [3.05, 3.63) is 48.6 Å². The molecule has 1 saturated heterocycles. The SMILES string of the molecule is C=CC(=O)N[C@H](C[C@@H]1CCNC1=O)NC(=O)[C@H](CC(C)C)NC(=O)OCc1ccccc1. The Morgan fingerprint density at radius 1 is 1.19 bits per heavy atom. The summed E-state index contributed by atoms with van der Waals surface area (Å²) in [4.78, 5) is 49.0. The zero-order valence-corrected chi connectivity index (χ0v) is 18.6. The van der Waals surface area contributed by atoms with Crippen LogP contribution in [0.25, 0.3) is 0 Å². The summed E-state index contributed by atoms with van der Waals surface area (Å²) < 4.78 is 5.23. The van der Waals surface area contributed by atoms with E-state index in [-0.39, 0.29) is 30.8 Å². The fourth-order valence-corrected chi connectivity index (χ4v) is 3.42. The molecule has 1 fully saturated rings. The Morgan fingerprint density at radius 2 is 1.91 bits per heavy atom. The molecule has 9 heteroatoms. The second kappa shape index (κ2) is 12.5. The van der Waals surface area contributed by atoms with E-state index in [2.05, 4.69) is 27.8 Å². The maximum atomic E-state index is 13.0. The maximum absolute atomic E-state index is 13.0. The number of ether oxygens (including phenoxy) is 1. The van der Waals surface area contributed by atoms with Crippen LogP contribution in [0.15, 0.2) is 43.0 Å². The van der Waals surface area contributed by atoms with Crippen molar-refractivity contribution in [1.82, 2.24) is 21.3 Å². The van der Waals surface area contributed by atoms with Crippen molar-refractivity contribution in [1.29, 1.82) is 0 Å². The highest BCUT2D eigenvalue weighted by molar-refractivity contribution is 5.89. The van der Waals surface area contributed by atoms with Crippen LogP contribution in [0.4, 0.5) is 4.79 Å². The van der Waals surface area contributed by atoms with Crippen molar-refractivity contribution in [3.8, 4) is 0 Å². The highest BCUT2D eigenvalue weighted by Crippen LogP contribution is 2.16. The number of amides is 4. The lowest BCUT2D eigenvalue weighted by Crippen LogP contribution is -2.55. The number of carbonyl (C=O) groups is 4. The van der Waals surface area contributed by atoms with E-state index in [0.717, 1.165) is 11.6 Å². The van der Waals surface area contributed by atoms with Gasteiger partial charge in [0.15, 0.2) is 0 Å². The molecule has 0 aromatic heterocycles. The molecule has 0 unspecified atom stereocenters. The molecule has 1 aliphatic rings. The van der Waals surface area contributed by atoms with E-state index >= 15 is 0 Å². The molecule has 1 aromatic carbocycles. The van der Waals surface area contributed by atoms with Gasteiger partial charge >= 0.3 is 6.09 Å². The van der Waals surface area contributed by atoms with Gasteiger partial charge in [0.1, 0.15) is 18.8 Å². The molecule has 2 rings (SSSR count). The number of rotatable bonds is 11. The van der Waals surface area contributed by atoms with Crippen molar-refractivity contribution >= 4 is 23.8 Å². The van der Waals surface area contributed by atoms with E-state index in [9.17, 15) is 19.2 Å². The van der Waals surface area contributed by atoms with Crippen LogP contribution < -0.4 is 21.3 Å². The van der Waals surface area contributed by atoms with E-state index < -0.39 is 30.1 Å². The molecule has 4 amide bonds. The molecule has 9 nitrogen and oxygen atoms in total. The van der Waals surface area contributed by atoms with Crippen molar-refractivity contribution < 1.29 is 23.9 Å². The third-order valence-corrected chi connectivity index (χ3v) is 5.03. The minimum atomic E-state index is -0.862. The van der Waals surface area contributed by atoms with Crippen LogP contribution in [-0.2, 0) is 25.7 Å². The third kappa shape index (κ3) is 8.41. The predicted octanol–water partition coefficient (Wildman–Crippen LogP) is 1.60. The number of benzene rings is 1. The van der Waals surface area contributed by atoms with Crippen LogP contribution in [-0.4, -0.2) is 42.6 Å². The molecule has 3 atom stereocenters. The fourth-order valence-electron chi connectivity index (χ4n) is 3.42. The first-order valence-corrected chi connectivity index (χ1v) is 10.8. The van der Waals surface area contributed by atoms with Crippen LogP contribution in [0.5, 0.6) is 0 Å². The van der Waals surface area contributed by atoms with E-state index in [0.29, 0.717) is 19.4 Å². The van der Waals surface area contributed by atoms with Crippen molar-refractivity contribution in [2.24, 2.45) is 11.8 Å². The number of carbonyl (C=O) groups excluding carboxylic acids is 4. The van der Waals surface area contributed by atoms with E-state index in [1.807, 2.05) is 44.2 Å². The van der Waals surface area contributed by atoms with Crippen LogP contribution in [0.1, 0.15) is 38.7 Å². The molecular weight excluding hydrogens is 412 g/mol. The van der Waals surface area contributed by atoms with Gasteiger partial charge < -0.3 is 26.0 Å². The fraction of sp³-hybridized carbons (Fsp3) is 0.478. The lowest BCUT2D eigenvalue weighted by atomic mass is 10.0. The Morgan fingerprint density at radius 3 is 2.50 bits per heavy atom. The number of nitrogens with one attached hydrogen (secondary N) is 4. The molecule has 1 heterocycles. The van der Waals surface area contributed by atoms with Gasteiger partial charge in [0.2, 0.25) is 17.7 Å². The summed E-state index contributed by atoms with van der Waals surface area (Å²) in [5, 5.41) is 10.7. The molecule has 32 heavy (non-hydrogen) atoms. The average Bonchev–Trinajstić information content (AvgIpc) is 3.16. The predicted molar refractivity (Wildman–Crippen MR) is 119 cm³/mol. The Balaban J connectivity index is 2.00. The Labute approximate surface area is 188 Å². The molecule has 0 bridgehead atoms. The van der Waals surface area contributed by atoms with Crippen LogP contribution >= 0.6 is 0 Å². The molecule has 0 aliphatic carbocycles. The van der Waals surface area contributed by atoms with E-state index in [1.165, 1.54) is 0 Å². The summed E-state index contributed by atoms with van der Waals surface area (Å²) in [7, 11) is 0. The monoisotopic (exact) mass is 444 g/mol. The maximum Gasteiger partial charge on any atom is 0.408 e. The minimum absolute atomic E-state index is 0.0809. The number of hydrogen-bond donors (Lipinski definition) is 4. The first-order valence-electron chi connectivity index (χ1n) is 10.8. The number of alkyl carbamates (subject to hydrolysis) is 1. The van der Waals surface area contributed by atoms with Gasteiger partial charge in [-0.25, -0.2) is 4.79 Å². The lowest BCUT2D eigenvalue weighted by Gasteiger charge is -2.26. The standard InChI is InChI=1S/C23H32N4O5/c1-4-20(28)26-19(13-17-10-11-24-21(17)29)27-22(30)18(12-15(2)3)25-23(31)32-14-16-8-6-5-7-9-16/h4-9,15,17-19H,1,10-14H2,2-3H3,(H,24,29)(H,25,31)(H,26,28)(H,27,30)/t17-,18-,19-/m0/s1. The second-order valence-corrected chi connectivity index (χ2v) is 8.17. The van der Waals surface area contributed by atoms with Crippen molar-refractivity contribution in [2.75, 3.05) is 6.54 Å². The third-order valence-electron chi connectivity index (χ3n) is 5.03. The topological polar surface area (TPSA) is 126 Å². The molecule has 1 aromatic rings. The van der Waals surface area contributed by atoms with Crippen LogP contribution in [0, 0.1) is 11.8 Å². The molecule has 0 spiro atoms. The lowest BCUT2D eigenvalue weighted by molar-refractivity contribution is -0.127. The Bertz CT molecular complexity index is 812. The van der Waals surface area contributed by atoms with Gasteiger partial charge in [-0.2, -0.15) is 0 Å². The van der Waals surface area contributed by atoms with Gasteiger partial charge in [-0.05, 0) is 36.8 Å². The Kier molecular flexibility index (Phi) is 9.72. The highest BCUT2D eigenvalue weighted by atomic mass is 16.5. The zero-order valence-electron chi connectivity index (χ0n) is 18.6. The van der Waals surface area contributed by atoms with E-state index in [1.54, 1.807) is 0 Å². The first-order chi connectivity index (χ1) is 15.3. The van der Waals surface area contributed by atoms with Gasteiger partial charge in [-0.15, -0.1) is 0 Å². The summed E-state index contributed by atoms with van der Waals surface area (Å²) in [5.74, 6) is -1.26. The molecule has 1 aliphatic heterocycles. The van der Waals surface area contributed by atoms with Gasteiger partial charge in [-0.3, -0.25) is 14.4 Å². The zero-order chi connectivity index (χ0) is 23.5. The summed E-state index contributed by atoms with van der Waals surface area (Å²) in [6.45, 7) is 7.92. The largest absolute Gasteiger partial charge is 0.445 e. The quantitative estimate of drug-likeness (QED) is 0.305. The summed E-state index contributed by atoms with van der Waals surface area (Å²) in [6, 6.07) is 8.35. The van der Waals surface area contributed by atoms with Crippen molar-refractivity contribution in [2.45, 2.75) is 51.9 Å². The van der Waals surface area contributed by atoms with Gasteiger partial charge in [0, 0.05) is 12.5 Å². The molecule has 4 N–H and O–H groups in total. The normalized spacial score (nSPS) is 17.1. The average molecular weight is 445 g/mol. The van der Waals surface area contributed by atoms with Gasteiger partial charge in [0.05, 0.1) is 0 Å². The highest BCUT2D eigenvalue weighted by Gasteiger charge is 2.30. The Hall–Kier alpha value is -3.36. The van der Waals surface area contributed by atoms with Gasteiger partial charge in [0.25, 0.3) is 0 Å². The second-order valence-electron chi connectivity index (χ2n) is 8.17. The summed E-state index contributed by atoms with van der Waals surface area (Å²) in [6.07, 6.45) is 0.838. The van der Waals surface area contributed by atoms with Crippen molar-refractivity contribution in [3.63, 3.8) is 0 Å². The summed E-state index contributed by atoms with van der Waals surface area (Å²) in [5.41, 5.74) is 0.828. The smallest absolute Gasteiger partial charge is 0.408 e.